The van der Waals surface area contributed by atoms with Gasteiger partial charge in [-0.1, -0.05) is 0 Å². The lowest BCUT2D eigenvalue weighted by molar-refractivity contribution is 0.0204. The fraction of sp³-hybridized carbons (Fsp3) is 0.412. The second-order valence-electron chi connectivity index (χ2n) is 5.87. The number of morpholine rings is 1. The van der Waals surface area contributed by atoms with Crippen LogP contribution in [0, 0.1) is 5.82 Å². The van der Waals surface area contributed by atoms with Crippen molar-refractivity contribution in [3.05, 3.63) is 41.8 Å². The largest absolute Gasteiger partial charge is 0.379 e. The molecule has 0 aliphatic carbocycles. The number of H-pyrrole nitrogens is 1. The van der Waals surface area contributed by atoms with Crippen LogP contribution < -0.4 is 5.32 Å². The normalized spacial score (nSPS) is 16.8. The number of halogens is 1. The van der Waals surface area contributed by atoms with E-state index in [0.717, 1.165) is 31.9 Å². The molecule has 3 rings (SSSR count). The lowest BCUT2D eigenvalue weighted by Crippen LogP contribution is -2.47. The molecule has 1 amide bonds. The standard InChI is InChI=1S/C17H21FN4O2/c1-12(22-6-8-24-9-7-22)10-19-17(23)15-11-20-21-16(15)13-2-4-14(18)5-3-13/h2-5,11-12H,6-10H2,1H3,(H,19,23)(H,20,21)/t12-/m1/s1. The Bertz CT molecular complexity index is 680. The van der Waals surface area contributed by atoms with Gasteiger partial charge in [0.05, 0.1) is 30.7 Å². The van der Waals surface area contributed by atoms with Crippen molar-refractivity contribution < 1.29 is 13.9 Å². The smallest absolute Gasteiger partial charge is 0.255 e. The fourth-order valence-electron chi connectivity index (χ4n) is 2.78. The van der Waals surface area contributed by atoms with Gasteiger partial charge in [0.1, 0.15) is 5.82 Å². The molecule has 1 aliphatic rings. The van der Waals surface area contributed by atoms with Crippen LogP contribution in [0.1, 0.15) is 17.3 Å². The van der Waals surface area contributed by atoms with Crippen molar-refractivity contribution in [3.63, 3.8) is 0 Å². The first-order valence-corrected chi connectivity index (χ1v) is 8.04. The molecule has 0 bridgehead atoms. The molecule has 24 heavy (non-hydrogen) atoms. The number of nitrogens with zero attached hydrogens (tertiary/aromatic N) is 2. The SMILES string of the molecule is C[C@H](CNC(=O)c1cn[nH]c1-c1ccc(F)cc1)N1CCOCC1. The number of hydrogen-bond donors (Lipinski definition) is 2. The summed E-state index contributed by atoms with van der Waals surface area (Å²) in [5.41, 5.74) is 1.77. The molecule has 1 aromatic carbocycles. The number of ether oxygens (including phenoxy) is 1. The van der Waals surface area contributed by atoms with Gasteiger partial charge in [-0.25, -0.2) is 4.39 Å². The first-order chi connectivity index (χ1) is 11.6. The molecule has 1 saturated heterocycles. The molecule has 0 unspecified atom stereocenters. The van der Waals surface area contributed by atoms with Crippen LogP contribution in [-0.4, -0.2) is 59.9 Å². The van der Waals surface area contributed by atoms with Crippen molar-refractivity contribution in [1.29, 1.82) is 0 Å². The van der Waals surface area contributed by atoms with E-state index in [4.69, 9.17) is 4.74 Å². The number of aromatic nitrogens is 2. The van der Waals surface area contributed by atoms with Crippen LogP contribution in [-0.2, 0) is 4.74 Å². The predicted octanol–water partition coefficient (Wildman–Crippen LogP) is 1.67. The van der Waals surface area contributed by atoms with Crippen LogP contribution in [0.3, 0.4) is 0 Å². The van der Waals surface area contributed by atoms with Crippen LogP contribution in [0.4, 0.5) is 4.39 Å². The summed E-state index contributed by atoms with van der Waals surface area (Å²) in [5.74, 6) is -0.508. The van der Waals surface area contributed by atoms with Crippen LogP contribution in [0.2, 0.25) is 0 Å². The Balaban J connectivity index is 1.63. The average Bonchev–Trinajstić information content (AvgIpc) is 3.10. The molecule has 1 aromatic heterocycles. The van der Waals surface area contributed by atoms with Gasteiger partial charge >= 0.3 is 0 Å². The van der Waals surface area contributed by atoms with E-state index in [0.29, 0.717) is 17.8 Å². The van der Waals surface area contributed by atoms with Crippen LogP contribution >= 0.6 is 0 Å². The minimum atomic E-state index is -0.316. The minimum absolute atomic E-state index is 0.191. The van der Waals surface area contributed by atoms with Gasteiger partial charge in [0.15, 0.2) is 0 Å². The molecule has 1 atom stereocenters. The number of hydrogen-bond acceptors (Lipinski definition) is 4. The predicted molar refractivity (Wildman–Crippen MR) is 88.2 cm³/mol. The van der Waals surface area contributed by atoms with Gasteiger partial charge in [0.25, 0.3) is 5.91 Å². The Morgan fingerprint density at radius 1 is 1.38 bits per heavy atom. The molecule has 1 aliphatic heterocycles. The van der Waals surface area contributed by atoms with E-state index in [1.54, 1.807) is 12.1 Å². The van der Waals surface area contributed by atoms with Crippen molar-refractivity contribution in [2.75, 3.05) is 32.8 Å². The Kier molecular flexibility index (Phi) is 5.22. The Morgan fingerprint density at radius 3 is 2.79 bits per heavy atom. The highest BCUT2D eigenvalue weighted by molar-refractivity contribution is 5.99. The van der Waals surface area contributed by atoms with E-state index in [1.807, 2.05) is 0 Å². The third kappa shape index (κ3) is 3.80. The van der Waals surface area contributed by atoms with E-state index < -0.39 is 0 Å². The van der Waals surface area contributed by atoms with Gasteiger partial charge in [-0.2, -0.15) is 5.10 Å². The molecule has 7 heteroatoms. The molecule has 2 aromatic rings. The zero-order chi connectivity index (χ0) is 16.9. The number of aromatic amines is 1. The molecule has 0 spiro atoms. The van der Waals surface area contributed by atoms with Crippen LogP contribution in [0.25, 0.3) is 11.3 Å². The van der Waals surface area contributed by atoms with Crippen molar-refractivity contribution in [1.82, 2.24) is 20.4 Å². The van der Waals surface area contributed by atoms with E-state index in [2.05, 4.69) is 27.3 Å². The third-order valence-corrected chi connectivity index (χ3v) is 4.24. The van der Waals surface area contributed by atoms with Crippen LogP contribution in [0.15, 0.2) is 30.5 Å². The molecule has 6 nitrogen and oxygen atoms in total. The molecule has 1 fully saturated rings. The molecule has 0 radical (unpaired) electrons. The highest BCUT2D eigenvalue weighted by Crippen LogP contribution is 2.21. The van der Waals surface area contributed by atoms with E-state index in [1.165, 1.54) is 18.3 Å². The highest BCUT2D eigenvalue weighted by atomic mass is 19.1. The maximum Gasteiger partial charge on any atom is 0.255 e. The van der Waals surface area contributed by atoms with Gasteiger partial charge in [-0.15, -0.1) is 0 Å². The summed E-state index contributed by atoms with van der Waals surface area (Å²) in [4.78, 5) is 14.8. The summed E-state index contributed by atoms with van der Waals surface area (Å²) in [6.07, 6.45) is 1.49. The first-order valence-electron chi connectivity index (χ1n) is 8.04. The summed E-state index contributed by atoms with van der Waals surface area (Å²) >= 11 is 0. The zero-order valence-corrected chi connectivity index (χ0v) is 13.6. The topological polar surface area (TPSA) is 70.2 Å². The van der Waals surface area contributed by atoms with Crippen molar-refractivity contribution in [3.8, 4) is 11.3 Å². The Morgan fingerprint density at radius 2 is 2.08 bits per heavy atom. The fourth-order valence-corrected chi connectivity index (χ4v) is 2.78. The number of carbonyl (C=O) groups is 1. The Hall–Kier alpha value is -2.25. The highest BCUT2D eigenvalue weighted by Gasteiger charge is 2.19. The maximum absolute atomic E-state index is 13.1. The Labute approximate surface area is 140 Å². The number of benzene rings is 1. The number of rotatable bonds is 5. The summed E-state index contributed by atoms with van der Waals surface area (Å²) in [6, 6.07) is 6.20. The van der Waals surface area contributed by atoms with Gasteiger partial charge in [0, 0.05) is 31.2 Å². The molecular weight excluding hydrogens is 311 g/mol. The third-order valence-electron chi connectivity index (χ3n) is 4.24. The monoisotopic (exact) mass is 332 g/mol. The average molecular weight is 332 g/mol. The van der Waals surface area contributed by atoms with Crippen molar-refractivity contribution >= 4 is 5.91 Å². The quantitative estimate of drug-likeness (QED) is 0.874. The second kappa shape index (κ2) is 7.55. The lowest BCUT2D eigenvalue weighted by atomic mass is 10.1. The zero-order valence-electron chi connectivity index (χ0n) is 13.6. The summed E-state index contributed by atoms with van der Waals surface area (Å²) in [6.45, 7) is 5.85. The number of amides is 1. The van der Waals surface area contributed by atoms with Crippen LogP contribution in [0.5, 0.6) is 0 Å². The molecule has 2 N–H and O–H groups in total. The molecule has 128 valence electrons. The van der Waals surface area contributed by atoms with Gasteiger partial charge in [0.2, 0.25) is 0 Å². The van der Waals surface area contributed by atoms with Gasteiger partial charge < -0.3 is 10.1 Å². The molecule has 0 saturated carbocycles. The van der Waals surface area contributed by atoms with Crippen molar-refractivity contribution in [2.45, 2.75) is 13.0 Å². The van der Waals surface area contributed by atoms with E-state index in [9.17, 15) is 9.18 Å². The van der Waals surface area contributed by atoms with E-state index in [-0.39, 0.29) is 17.8 Å². The summed E-state index contributed by atoms with van der Waals surface area (Å²) < 4.78 is 18.4. The summed E-state index contributed by atoms with van der Waals surface area (Å²) in [7, 11) is 0. The first kappa shape index (κ1) is 16.6. The van der Waals surface area contributed by atoms with E-state index >= 15 is 0 Å². The second-order valence-corrected chi connectivity index (χ2v) is 5.87. The maximum atomic E-state index is 13.1. The van der Waals surface area contributed by atoms with Crippen molar-refractivity contribution in [2.24, 2.45) is 0 Å². The van der Waals surface area contributed by atoms with Gasteiger partial charge in [-0.05, 0) is 31.2 Å². The summed E-state index contributed by atoms with van der Waals surface area (Å²) in [5, 5.41) is 9.71. The van der Waals surface area contributed by atoms with Gasteiger partial charge in [-0.3, -0.25) is 14.8 Å². The molecular formula is C17H21FN4O2. The minimum Gasteiger partial charge on any atom is -0.379 e. The number of nitrogens with one attached hydrogen (secondary N) is 2. The lowest BCUT2D eigenvalue weighted by Gasteiger charge is -2.32. The molecule has 2 heterocycles. The number of carbonyl (C=O) groups excluding carboxylic acids is 1.